The highest BCUT2D eigenvalue weighted by atomic mass is 16.2. The van der Waals surface area contributed by atoms with E-state index in [4.69, 9.17) is 0 Å². The van der Waals surface area contributed by atoms with Crippen LogP contribution in [0.2, 0.25) is 0 Å². The maximum atomic E-state index is 11.8. The van der Waals surface area contributed by atoms with Gasteiger partial charge in [0, 0.05) is 39.3 Å². The summed E-state index contributed by atoms with van der Waals surface area (Å²) < 4.78 is 0. The molecule has 2 aliphatic rings. The number of urea groups is 1. The van der Waals surface area contributed by atoms with Gasteiger partial charge in [0.2, 0.25) is 0 Å². The van der Waals surface area contributed by atoms with E-state index >= 15 is 0 Å². The third-order valence-corrected chi connectivity index (χ3v) is 3.84. The second-order valence-corrected chi connectivity index (χ2v) is 5.06. The predicted molar refractivity (Wildman–Crippen MR) is 59.9 cm³/mol. The molecule has 1 aliphatic heterocycles. The molecule has 1 saturated carbocycles. The molecule has 0 atom stereocenters. The van der Waals surface area contributed by atoms with E-state index < -0.39 is 0 Å². The largest absolute Gasteiger partial charge is 0.331 e. The van der Waals surface area contributed by atoms with Crippen LogP contribution in [0.4, 0.5) is 4.79 Å². The molecule has 0 aromatic heterocycles. The van der Waals surface area contributed by atoms with Crippen LogP contribution < -0.4 is 0 Å². The van der Waals surface area contributed by atoms with E-state index in [2.05, 4.69) is 11.9 Å². The number of likely N-dealkylation sites (N-methyl/N-ethyl adjacent to an activating group) is 1. The average molecular weight is 211 g/mol. The second-order valence-electron chi connectivity index (χ2n) is 5.06. The van der Waals surface area contributed by atoms with Gasteiger partial charge in [0.25, 0.3) is 0 Å². The number of hydrogen-bond acceptors (Lipinski definition) is 2. The predicted octanol–water partition coefficient (Wildman–Crippen LogP) is 0.838. The summed E-state index contributed by atoms with van der Waals surface area (Å²) in [6.45, 7) is 2.80. The zero-order valence-corrected chi connectivity index (χ0v) is 9.99. The van der Waals surface area contributed by atoms with Crippen LogP contribution in [0.3, 0.4) is 0 Å². The van der Waals surface area contributed by atoms with Gasteiger partial charge >= 0.3 is 6.03 Å². The number of rotatable bonds is 0. The Morgan fingerprint density at radius 3 is 2.33 bits per heavy atom. The van der Waals surface area contributed by atoms with Gasteiger partial charge in [-0.15, -0.1) is 0 Å². The Morgan fingerprint density at radius 2 is 1.80 bits per heavy atom. The van der Waals surface area contributed by atoms with Gasteiger partial charge in [0.15, 0.2) is 0 Å². The Morgan fingerprint density at radius 1 is 1.13 bits per heavy atom. The van der Waals surface area contributed by atoms with Crippen LogP contribution in [-0.2, 0) is 0 Å². The van der Waals surface area contributed by atoms with E-state index in [-0.39, 0.29) is 6.03 Å². The summed E-state index contributed by atoms with van der Waals surface area (Å²) >= 11 is 0. The van der Waals surface area contributed by atoms with E-state index in [1.807, 2.05) is 19.0 Å². The monoisotopic (exact) mass is 211 g/mol. The summed E-state index contributed by atoms with van der Waals surface area (Å²) in [5, 5.41) is 0. The lowest BCUT2D eigenvalue weighted by atomic mass is 10.1. The molecule has 0 N–H and O–H groups in total. The Bertz CT molecular complexity index is 261. The minimum Gasteiger partial charge on any atom is -0.331 e. The first-order valence-corrected chi connectivity index (χ1v) is 5.73. The topological polar surface area (TPSA) is 26.8 Å². The molecular weight excluding hydrogens is 190 g/mol. The summed E-state index contributed by atoms with van der Waals surface area (Å²) in [5.74, 6) is 0. The first-order chi connectivity index (χ1) is 7.05. The summed E-state index contributed by atoms with van der Waals surface area (Å²) in [5.41, 5.74) is 0.446. The van der Waals surface area contributed by atoms with Gasteiger partial charge in [0.05, 0.1) is 0 Å². The van der Waals surface area contributed by atoms with Crippen LogP contribution in [-0.4, -0.2) is 67.0 Å². The van der Waals surface area contributed by atoms with Gasteiger partial charge in [-0.1, -0.05) is 0 Å². The molecule has 2 rings (SSSR count). The lowest BCUT2D eigenvalue weighted by Gasteiger charge is -2.24. The average Bonchev–Trinajstić information content (AvgIpc) is 2.98. The minimum absolute atomic E-state index is 0.154. The maximum Gasteiger partial charge on any atom is 0.319 e. The highest BCUT2D eigenvalue weighted by Gasteiger charge is 2.47. The summed E-state index contributed by atoms with van der Waals surface area (Å²) in [4.78, 5) is 17.9. The molecule has 86 valence electrons. The zero-order valence-electron chi connectivity index (χ0n) is 9.99. The molecule has 4 nitrogen and oxygen atoms in total. The number of nitrogens with zero attached hydrogens (tertiary/aromatic N) is 3. The van der Waals surface area contributed by atoms with Crippen molar-refractivity contribution in [2.24, 2.45) is 0 Å². The number of hydrogen-bond donors (Lipinski definition) is 0. The van der Waals surface area contributed by atoms with E-state index in [1.54, 1.807) is 4.90 Å². The molecule has 1 aliphatic carbocycles. The van der Waals surface area contributed by atoms with Crippen LogP contribution >= 0.6 is 0 Å². The third-order valence-electron chi connectivity index (χ3n) is 3.84. The van der Waals surface area contributed by atoms with Crippen molar-refractivity contribution in [2.45, 2.75) is 24.8 Å². The van der Waals surface area contributed by atoms with Crippen molar-refractivity contribution in [3.8, 4) is 0 Å². The van der Waals surface area contributed by atoms with Crippen molar-refractivity contribution >= 4 is 6.03 Å². The lowest BCUT2D eigenvalue weighted by molar-refractivity contribution is 0.172. The van der Waals surface area contributed by atoms with Crippen LogP contribution in [0, 0.1) is 0 Å². The van der Waals surface area contributed by atoms with Gasteiger partial charge in [-0.3, -0.25) is 4.90 Å². The highest BCUT2D eigenvalue weighted by Crippen LogP contribution is 2.44. The second kappa shape index (κ2) is 3.67. The van der Waals surface area contributed by atoms with Gasteiger partial charge in [-0.2, -0.15) is 0 Å². The van der Waals surface area contributed by atoms with Crippen LogP contribution in [0.25, 0.3) is 0 Å². The smallest absolute Gasteiger partial charge is 0.319 e. The Kier molecular flexibility index (Phi) is 2.63. The molecule has 0 aromatic carbocycles. The highest BCUT2D eigenvalue weighted by molar-refractivity contribution is 5.73. The molecule has 0 radical (unpaired) electrons. The van der Waals surface area contributed by atoms with E-state index in [1.165, 1.54) is 12.8 Å². The molecule has 4 heteroatoms. The van der Waals surface area contributed by atoms with Crippen molar-refractivity contribution in [3.05, 3.63) is 0 Å². The fourth-order valence-electron chi connectivity index (χ4n) is 2.40. The zero-order chi connectivity index (χ0) is 11.1. The number of amides is 2. The molecular formula is C11H21N3O. The Balaban J connectivity index is 1.98. The molecule has 2 fully saturated rings. The Hall–Kier alpha value is -0.770. The van der Waals surface area contributed by atoms with Crippen molar-refractivity contribution < 1.29 is 4.79 Å². The minimum atomic E-state index is 0.154. The van der Waals surface area contributed by atoms with E-state index in [0.717, 1.165) is 26.1 Å². The molecule has 1 saturated heterocycles. The van der Waals surface area contributed by atoms with Crippen molar-refractivity contribution in [1.82, 2.24) is 14.7 Å². The van der Waals surface area contributed by atoms with Crippen LogP contribution in [0.15, 0.2) is 0 Å². The van der Waals surface area contributed by atoms with Crippen molar-refractivity contribution in [2.75, 3.05) is 40.8 Å². The fraction of sp³-hybridized carbons (Fsp3) is 0.909. The molecule has 2 amide bonds. The van der Waals surface area contributed by atoms with Crippen molar-refractivity contribution in [3.63, 3.8) is 0 Å². The number of carbonyl (C=O) groups excluding carboxylic acids is 1. The summed E-state index contributed by atoms with van der Waals surface area (Å²) in [6, 6.07) is 0.154. The first kappa shape index (κ1) is 10.7. The first-order valence-electron chi connectivity index (χ1n) is 5.73. The van der Waals surface area contributed by atoms with Gasteiger partial charge in [-0.05, 0) is 26.3 Å². The SMILES string of the molecule is CN(C)C(=O)N1CCN(C)C2(CC1)CC2. The van der Waals surface area contributed by atoms with Gasteiger partial charge in [-0.25, -0.2) is 4.79 Å². The van der Waals surface area contributed by atoms with Crippen LogP contribution in [0.1, 0.15) is 19.3 Å². The number of carbonyl (C=O) groups is 1. The molecule has 1 heterocycles. The maximum absolute atomic E-state index is 11.8. The van der Waals surface area contributed by atoms with E-state index in [9.17, 15) is 4.79 Å². The molecule has 0 unspecified atom stereocenters. The normalized spacial score (nSPS) is 25.1. The standard InChI is InChI=1S/C11H21N3O/c1-12(2)10(15)14-7-6-11(4-5-11)13(3)8-9-14/h4-9H2,1-3H3. The molecule has 0 aromatic rings. The molecule has 0 bridgehead atoms. The molecule has 15 heavy (non-hydrogen) atoms. The van der Waals surface area contributed by atoms with Crippen molar-refractivity contribution in [1.29, 1.82) is 0 Å². The van der Waals surface area contributed by atoms with Crippen LogP contribution in [0.5, 0.6) is 0 Å². The lowest BCUT2D eigenvalue weighted by Crippen LogP contribution is -2.41. The fourth-order valence-corrected chi connectivity index (χ4v) is 2.40. The third kappa shape index (κ3) is 1.95. The van der Waals surface area contributed by atoms with E-state index in [0.29, 0.717) is 5.54 Å². The summed E-state index contributed by atoms with van der Waals surface area (Å²) in [6.07, 6.45) is 3.77. The van der Waals surface area contributed by atoms with Gasteiger partial charge in [0.1, 0.15) is 0 Å². The Labute approximate surface area is 91.8 Å². The van der Waals surface area contributed by atoms with Gasteiger partial charge < -0.3 is 9.80 Å². The molecule has 1 spiro atoms. The summed E-state index contributed by atoms with van der Waals surface area (Å²) in [7, 11) is 5.84. The quantitative estimate of drug-likeness (QED) is 0.593.